The van der Waals surface area contributed by atoms with E-state index in [0.29, 0.717) is 18.6 Å². The fraction of sp³-hybridized carbons (Fsp3) is 0.368. The van der Waals surface area contributed by atoms with Crippen molar-refractivity contribution in [3.8, 4) is 11.1 Å². The maximum absolute atomic E-state index is 5.93. The van der Waals surface area contributed by atoms with Crippen LogP contribution in [0, 0.1) is 5.92 Å². The zero-order chi connectivity index (χ0) is 14.1. The van der Waals surface area contributed by atoms with Gasteiger partial charge in [-0.15, -0.1) is 0 Å². The number of ether oxygens (including phenoxy) is 1. The van der Waals surface area contributed by atoms with Crippen LogP contribution in [0.15, 0.2) is 42.5 Å². The van der Waals surface area contributed by atoms with E-state index >= 15 is 0 Å². The highest BCUT2D eigenvalue weighted by Crippen LogP contribution is 2.36. The van der Waals surface area contributed by atoms with Crippen molar-refractivity contribution in [2.24, 2.45) is 5.92 Å². The SMILES string of the molecule is CC(C)C(C)OCc1ccc2c(c1)Cc1ccccc1-2. The second-order valence-electron chi connectivity index (χ2n) is 6.09. The van der Waals surface area contributed by atoms with Crippen molar-refractivity contribution in [3.63, 3.8) is 0 Å². The Balaban J connectivity index is 1.77. The summed E-state index contributed by atoms with van der Waals surface area (Å²) in [5, 5.41) is 0. The molecule has 1 aliphatic rings. The Morgan fingerprint density at radius 2 is 1.70 bits per heavy atom. The van der Waals surface area contributed by atoms with Crippen LogP contribution < -0.4 is 0 Å². The van der Waals surface area contributed by atoms with Crippen molar-refractivity contribution in [1.29, 1.82) is 0 Å². The van der Waals surface area contributed by atoms with Gasteiger partial charge < -0.3 is 4.74 Å². The van der Waals surface area contributed by atoms with Crippen LogP contribution in [-0.2, 0) is 17.8 Å². The van der Waals surface area contributed by atoms with Crippen LogP contribution in [0.1, 0.15) is 37.5 Å². The Morgan fingerprint density at radius 3 is 2.50 bits per heavy atom. The summed E-state index contributed by atoms with van der Waals surface area (Å²) in [6, 6.07) is 15.5. The van der Waals surface area contributed by atoms with Crippen LogP contribution in [0.4, 0.5) is 0 Å². The van der Waals surface area contributed by atoms with E-state index in [2.05, 4.69) is 63.2 Å². The van der Waals surface area contributed by atoms with Gasteiger partial charge in [-0.25, -0.2) is 0 Å². The predicted molar refractivity (Wildman–Crippen MR) is 83.8 cm³/mol. The summed E-state index contributed by atoms with van der Waals surface area (Å²) in [5.41, 5.74) is 6.94. The van der Waals surface area contributed by atoms with Crippen molar-refractivity contribution in [1.82, 2.24) is 0 Å². The summed E-state index contributed by atoms with van der Waals surface area (Å²) in [5.74, 6) is 0.564. The summed E-state index contributed by atoms with van der Waals surface area (Å²) in [6.07, 6.45) is 1.36. The number of fused-ring (bicyclic) bond motifs is 3. The molecule has 1 aliphatic carbocycles. The van der Waals surface area contributed by atoms with Crippen LogP contribution in [0.25, 0.3) is 11.1 Å². The molecule has 0 fully saturated rings. The minimum Gasteiger partial charge on any atom is -0.374 e. The van der Waals surface area contributed by atoms with E-state index in [1.165, 1.54) is 27.8 Å². The Hall–Kier alpha value is -1.60. The second kappa shape index (κ2) is 5.41. The molecule has 0 bridgehead atoms. The quantitative estimate of drug-likeness (QED) is 0.658. The largest absolute Gasteiger partial charge is 0.374 e. The summed E-state index contributed by atoms with van der Waals surface area (Å²) in [6.45, 7) is 7.25. The van der Waals surface area contributed by atoms with Gasteiger partial charge in [-0.3, -0.25) is 0 Å². The summed E-state index contributed by atoms with van der Waals surface area (Å²) in [7, 11) is 0. The van der Waals surface area contributed by atoms with E-state index in [-0.39, 0.29) is 0 Å². The van der Waals surface area contributed by atoms with Crippen LogP contribution in [0.3, 0.4) is 0 Å². The van der Waals surface area contributed by atoms with Crippen LogP contribution in [0.2, 0.25) is 0 Å². The molecule has 0 aromatic heterocycles. The van der Waals surface area contributed by atoms with Gasteiger partial charge in [-0.05, 0) is 47.1 Å². The Labute approximate surface area is 121 Å². The molecule has 2 aromatic rings. The standard InChI is InChI=1S/C19H22O/c1-13(2)14(3)20-12-15-8-9-19-17(10-15)11-16-6-4-5-7-18(16)19/h4-10,13-14H,11-12H2,1-3H3. The topological polar surface area (TPSA) is 9.23 Å². The first-order valence-corrected chi connectivity index (χ1v) is 7.47. The number of hydrogen-bond donors (Lipinski definition) is 0. The molecular weight excluding hydrogens is 244 g/mol. The molecule has 0 spiro atoms. The molecule has 0 amide bonds. The zero-order valence-corrected chi connectivity index (χ0v) is 12.5. The number of rotatable bonds is 4. The van der Waals surface area contributed by atoms with E-state index in [4.69, 9.17) is 4.74 Å². The molecule has 0 N–H and O–H groups in total. The van der Waals surface area contributed by atoms with Gasteiger partial charge in [-0.1, -0.05) is 56.3 Å². The smallest absolute Gasteiger partial charge is 0.0720 e. The van der Waals surface area contributed by atoms with E-state index in [9.17, 15) is 0 Å². The van der Waals surface area contributed by atoms with Crippen LogP contribution >= 0.6 is 0 Å². The fourth-order valence-corrected chi connectivity index (χ4v) is 2.71. The third kappa shape index (κ3) is 2.51. The maximum atomic E-state index is 5.93. The first-order chi connectivity index (χ1) is 9.65. The zero-order valence-electron chi connectivity index (χ0n) is 12.5. The van der Waals surface area contributed by atoms with E-state index in [1.54, 1.807) is 0 Å². The molecule has 1 nitrogen and oxygen atoms in total. The highest BCUT2D eigenvalue weighted by molar-refractivity contribution is 5.76. The minimum absolute atomic E-state index is 0.306. The average Bonchev–Trinajstić information content (AvgIpc) is 2.82. The van der Waals surface area contributed by atoms with Crippen molar-refractivity contribution in [2.75, 3.05) is 0 Å². The Morgan fingerprint density at radius 1 is 0.950 bits per heavy atom. The molecular formula is C19H22O. The van der Waals surface area contributed by atoms with Gasteiger partial charge in [-0.2, -0.15) is 0 Å². The molecule has 0 radical (unpaired) electrons. The summed E-state index contributed by atoms with van der Waals surface area (Å²) in [4.78, 5) is 0. The van der Waals surface area contributed by atoms with Gasteiger partial charge in [0.2, 0.25) is 0 Å². The number of hydrogen-bond acceptors (Lipinski definition) is 1. The average molecular weight is 266 g/mol. The van der Waals surface area contributed by atoms with E-state index in [1.807, 2.05) is 0 Å². The van der Waals surface area contributed by atoms with Crippen molar-refractivity contribution < 1.29 is 4.74 Å². The van der Waals surface area contributed by atoms with Gasteiger partial charge in [0.1, 0.15) is 0 Å². The van der Waals surface area contributed by atoms with Crippen LogP contribution in [-0.4, -0.2) is 6.10 Å². The molecule has 1 heteroatoms. The van der Waals surface area contributed by atoms with Gasteiger partial charge in [0.15, 0.2) is 0 Å². The molecule has 104 valence electrons. The first-order valence-electron chi connectivity index (χ1n) is 7.47. The second-order valence-corrected chi connectivity index (χ2v) is 6.09. The predicted octanol–water partition coefficient (Wildman–Crippen LogP) is 4.82. The third-order valence-corrected chi connectivity index (χ3v) is 4.31. The first kappa shape index (κ1) is 13.4. The molecule has 0 saturated carbocycles. The highest BCUT2D eigenvalue weighted by Gasteiger charge is 2.18. The Kier molecular flexibility index (Phi) is 3.62. The molecule has 0 heterocycles. The van der Waals surface area contributed by atoms with Crippen LogP contribution in [0.5, 0.6) is 0 Å². The fourth-order valence-electron chi connectivity index (χ4n) is 2.71. The van der Waals surface area contributed by atoms with E-state index < -0.39 is 0 Å². The minimum atomic E-state index is 0.306. The van der Waals surface area contributed by atoms with Crippen molar-refractivity contribution >= 4 is 0 Å². The lowest BCUT2D eigenvalue weighted by molar-refractivity contribution is 0.0235. The van der Waals surface area contributed by atoms with Gasteiger partial charge in [0.25, 0.3) is 0 Å². The summed E-state index contributed by atoms with van der Waals surface area (Å²) >= 11 is 0. The molecule has 1 atom stereocenters. The highest BCUT2D eigenvalue weighted by atomic mass is 16.5. The monoisotopic (exact) mass is 266 g/mol. The lowest BCUT2D eigenvalue weighted by Gasteiger charge is -2.16. The van der Waals surface area contributed by atoms with Gasteiger partial charge in [0, 0.05) is 0 Å². The molecule has 1 unspecified atom stereocenters. The normalized spacial score (nSPS) is 14.2. The molecule has 0 saturated heterocycles. The van der Waals surface area contributed by atoms with Crippen molar-refractivity contribution in [2.45, 2.75) is 39.9 Å². The Bertz CT molecular complexity index is 613. The molecule has 20 heavy (non-hydrogen) atoms. The third-order valence-electron chi connectivity index (χ3n) is 4.31. The lowest BCUT2D eigenvalue weighted by atomic mass is 10.0. The van der Waals surface area contributed by atoms with Gasteiger partial charge >= 0.3 is 0 Å². The maximum Gasteiger partial charge on any atom is 0.0720 e. The van der Waals surface area contributed by atoms with Gasteiger partial charge in [0.05, 0.1) is 12.7 Å². The molecule has 3 rings (SSSR count). The number of benzene rings is 2. The van der Waals surface area contributed by atoms with Crippen molar-refractivity contribution in [3.05, 3.63) is 59.2 Å². The summed E-state index contributed by atoms with van der Waals surface area (Å²) < 4.78 is 5.93. The molecule has 0 aliphatic heterocycles. The molecule has 2 aromatic carbocycles. The van der Waals surface area contributed by atoms with E-state index in [0.717, 1.165) is 6.42 Å². The lowest BCUT2D eigenvalue weighted by Crippen LogP contribution is -2.15.